The SMILES string of the molecule is Cc1ccc(C2CNCCC(=O)N2)cc1. The van der Waals surface area contributed by atoms with E-state index in [0.29, 0.717) is 6.42 Å². The van der Waals surface area contributed by atoms with Gasteiger partial charge in [0.1, 0.15) is 0 Å². The number of amides is 1. The lowest BCUT2D eigenvalue weighted by Gasteiger charge is -2.16. The molecule has 0 aliphatic carbocycles. The van der Waals surface area contributed by atoms with Crippen LogP contribution in [0, 0.1) is 6.92 Å². The average Bonchev–Trinajstić information content (AvgIpc) is 2.44. The number of benzene rings is 1. The molecule has 0 bridgehead atoms. The Morgan fingerprint density at radius 2 is 2.00 bits per heavy atom. The van der Waals surface area contributed by atoms with Crippen molar-refractivity contribution >= 4 is 5.91 Å². The molecule has 1 atom stereocenters. The first-order chi connectivity index (χ1) is 7.25. The third kappa shape index (κ3) is 2.57. The van der Waals surface area contributed by atoms with Gasteiger partial charge >= 0.3 is 0 Å². The molecule has 0 saturated carbocycles. The second-order valence-corrected chi connectivity index (χ2v) is 3.98. The number of carbonyl (C=O) groups is 1. The number of nitrogens with one attached hydrogen (secondary N) is 2. The molecule has 1 saturated heterocycles. The molecule has 1 aromatic rings. The van der Waals surface area contributed by atoms with Gasteiger partial charge in [0.15, 0.2) is 0 Å². The summed E-state index contributed by atoms with van der Waals surface area (Å²) in [6.07, 6.45) is 0.572. The molecular weight excluding hydrogens is 188 g/mol. The van der Waals surface area contributed by atoms with Gasteiger partial charge in [0, 0.05) is 19.5 Å². The maximum Gasteiger partial charge on any atom is 0.221 e. The van der Waals surface area contributed by atoms with Crippen molar-refractivity contribution in [1.29, 1.82) is 0 Å². The van der Waals surface area contributed by atoms with Crippen LogP contribution in [0.4, 0.5) is 0 Å². The Hall–Kier alpha value is -1.35. The molecule has 1 aliphatic rings. The van der Waals surface area contributed by atoms with E-state index in [1.807, 2.05) is 0 Å². The molecular formula is C12H16N2O. The van der Waals surface area contributed by atoms with Crippen molar-refractivity contribution in [3.8, 4) is 0 Å². The molecule has 2 rings (SSSR count). The van der Waals surface area contributed by atoms with Crippen LogP contribution in [-0.4, -0.2) is 19.0 Å². The molecule has 80 valence electrons. The van der Waals surface area contributed by atoms with Gasteiger partial charge in [-0.15, -0.1) is 0 Å². The first-order valence-electron chi connectivity index (χ1n) is 5.32. The minimum Gasteiger partial charge on any atom is -0.348 e. The zero-order chi connectivity index (χ0) is 10.7. The van der Waals surface area contributed by atoms with Crippen molar-refractivity contribution in [2.24, 2.45) is 0 Å². The normalized spacial score (nSPS) is 21.9. The smallest absolute Gasteiger partial charge is 0.221 e. The van der Waals surface area contributed by atoms with Gasteiger partial charge in [0.25, 0.3) is 0 Å². The fourth-order valence-corrected chi connectivity index (χ4v) is 1.77. The summed E-state index contributed by atoms with van der Waals surface area (Å²) in [7, 11) is 0. The second kappa shape index (κ2) is 4.45. The van der Waals surface area contributed by atoms with E-state index in [1.165, 1.54) is 11.1 Å². The van der Waals surface area contributed by atoms with Crippen molar-refractivity contribution < 1.29 is 4.79 Å². The molecule has 0 radical (unpaired) electrons. The number of carbonyl (C=O) groups excluding carboxylic acids is 1. The number of hydrogen-bond donors (Lipinski definition) is 2. The van der Waals surface area contributed by atoms with Crippen LogP contribution in [0.15, 0.2) is 24.3 Å². The van der Waals surface area contributed by atoms with Crippen molar-refractivity contribution in [2.75, 3.05) is 13.1 Å². The first kappa shape index (κ1) is 10.2. The molecule has 1 aromatic carbocycles. The maximum absolute atomic E-state index is 11.4. The molecule has 0 aromatic heterocycles. The lowest BCUT2D eigenvalue weighted by Crippen LogP contribution is -2.30. The number of hydrogen-bond acceptors (Lipinski definition) is 2. The molecule has 3 heteroatoms. The molecule has 1 unspecified atom stereocenters. The molecule has 2 N–H and O–H groups in total. The summed E-state index contributed by atoms with van der Waals surface area (Å²) in [4.78, 5) is 11.4. The van der Waals surface area contributed by atoms with Gasteiger partial charge in [-0.3, -0.25) is 4.79 Å². The van der Waals surface area contributed by atoms with Crippen LogP contribution >= 0.6 is 0 Å². The Kier molecular flexibility index (Phi) is 3.02. The minimum absolute atomic E-state index is 0.112. The van der Waals surface area contributed by atoms with E-state index in [4.69, 9.17) is 0 Å². The Bertz CT molecular complexity index is 345. The van der Waals surface area contributed by atoms with E-state index in [2.05, 4.69) is 41.8 Å². The molecule has 15 heavy (non-hydrogen) atoms. The van der Waals surface area contributed by atoms with Crippen molar-refractivity contribution in [3.05, 3.63) is 35.4 Å². The first-order valence-corrected chi connectivity index (χ1v) is 5.32. The van der Waals surface area contributed by atoms with Crippen LogP contribution in [0.25, 0.3) is 0 Å². The van der Waals surface area contributed by atoms with Gasteiger partial charge in [-0.25, -0.2) is 0 Å². The highest BCUT2D eigenvalue weighted by molar-refractivity contribution is 5.77. The summed E-state index contributed by atoms with van der Waals surface area (Å²) in [6, 6.07) is 8.42. The highest BCUT2D eigenvalue weighted by atomic mass is 16.1. The Morgan fingerprint density at radius 3 is 2.73 bits per heavy atom. The topological polar surface area (TPSA) is 41.1 Å². The van der Waals surface area contributed by atoms with Crippen LogP contribution < -0.4 is 10.6 Å². The summed E-state index contributed by atoms with van der Waals surface area (Å²) in [5.74, 6) is 0.130. The zero-order valence-electron chi connectivity index (χ0n) is 8.92. The molecule has 3 nitrogen and oxygen atoms in total. The van der Waals surface area contributed by atoms with Crippen molar-refractivity contribution in [2.45, 2.75) is 19.4 Å². The standard InChI is InChI=1S/C12H16N2O/c1-9-2-4-10(5-3-9)11-8-13-7-6-12(15)14-11/h2-5,11,13H,6-8H2,1H3,(H,14,15). The van der Waals surface area contributed by atoms with Crippen molar-refractivity contribution in [3.63, 3.8) is 0 Å². The molecule has 1 aliphatic heterocycles. The predicted molar refractivity (Wildman–Crippen MR) is 59.5 cm³/mol. The lowest BCUT2D eigenvalue weighted by molar-refractivity contribution is -0.121. The van der Waals surface area contributed by atoms with Gasteiger partial charge in [0.05, 0.1) is 6.04 Å². The molecule has 1 heterocycles. The highest BCUT2D eigenvalue weighted by Gasteiger charge is 2.16. The number of rotatable bonds is 1. The number of aryl methyl sites for hydroxylation is 1. The lowest BCUT2D eigenvalue weighted by atomic mass is 10.1. The Morgan fingerprint density at radius 1 is 1.27 bits per heavy atom. The van der Waals surface area contributed by atoms with Crippen LogP contribution in [0.2, 0.25) is 0 Å². The Labute approximate surface area is 89.9 Å². The Balaban J connectivity index is 2.14. The van der Waals surface area contributed by atoms with E-state index in [1.54, 1.807) is 0 Å². The largest absolute Gasteiger partial charge is 0.348 e. The zero-order valence-corrected chi connectivity index (χ0v) is 8.92. The van der Waals surface area contributed by atoms with Gasteiger partial charge in [-0.2, -0.15) is 0 Å². The third-order valence-electron chi connectivity index (χ3n) is 2.69. The van der Waals surface area contributed by atoms with Gasteiger partial charge in [-0.05, 0) is 12.5 Å². The van der Waals surface area contributed by atoms with Crippen LogP contribution in [0.5, 0.6) is 0 Å². The van der Waals surface area contributed by atoms with Crippen LogP contribution in [0.3, 0.4) is 0 Å². The maximum atomic E-state index is 11.4. The third-order valence-corrected chi connectivity index (χ3v) is 2.69. The molecule has 1 amide bonds. The minimum atomic E-state index is 0.112. The monoisotopic (exact) mass is 204 g/mol. The molecule has 1 fully saturated rings. The van der Waals surface area contributed by atoms with E-state index < -0.39 is 0 Å². The summed E-state index contributed by atoms with van der Waals surface area (Å²) >= 11 is 0. The summed E-state index contributed by atoms with van der Waals surface area (Å²) in [6.45, 7) is 3.65. The predicted octanol–water partition coefficient (Wildman–Crippen LogP) is 1.15. The van der Waals surface area contributed by atoms with E-state index >= 15 is 0 Å². The fourth-order valence-electron chi connectivity index (χ4n) is 1.77. The molecule has 0 spiro atoms. The fraction of sp³-hybridized carbons (Fsp3) is 0.417. The average molecular weight is 204 g/mol. The van der Waals surface area contributed by atoms with Crippen molar-refractivity contribution in [1.82, 2.24) is 10.6 Å². The van der Waals surface area contributed by atoms with E-state index in [-0.39, 0.29) is 11.9 Å². The van der Waals surface area contributed by atoms with Crippen LogP contribution in [0.1, 0.15) is 23.6 Å². The highest BCUT2D eigenvalue weighted by Crippen LogP contribution is 2.14. The van der Waals surface area contributed by atoms with Crippen LogP contribution in [-0.2, 0) is 4.79 Å². The van der Waals surface area contributed by atoms with Gasteiger partial charge < -0.3 is 10.6 Å². The van der Waals surface area contributed by atoms with E-state index in [0.717, 1.165) is 13.1 Å². The quantitative estimate of drug-likeness (QED) is 0.720. The van der Waals surface area contributed by atoms with E-state index in [9.17, 15) is 4.79 Å². The summed E-state index contributed by atoms with van der Waals surface area (Å²) in [5.41, 5.74) is 2.41. The van der Waals surface area contributed by atoms with Gasteiger partial charge in [0.2, 0.25) is 5.91 Å². The summed E-state index contributed by atoms with van der Waals surface area (Å²) < 4.78 is 0. The van der Waals surface area contributed by atoms with Gasteiger partial charge in [-0.1, -0.05) is 29.8 Å². The second-order valence-electron chi connectivity index (χ2n) is 3.98. The summed E-state index contributed by atoms with van der Waals surface area (Å²) in [5, 5.41) is 6.27.